The molecule has 3 heteroatoms. The van der Waals surface area contributed by atoms with Gasteiger partial charge in [0.15, 0.2) is 0 Å². The zero-order valence-corrected chi connectivity index (χ0v) is 9.69. The van der Waals surface area contributed by atoms with Crippen LogP contribution in [0.25, 0.3) is 0 Å². The van der Waals surface area contributed by atoms with E-state index in [9.17, 15) is 5.11 Å². The summed E-state index contributed by atoms with van der Waals surface area (Å²) in [5.74, 6) is 0.710. The molecule has 0 aromatic carbocycles. The van der Waals surface area contributed by atoms with E-state index in [-0.39, 0.29) is 6.10 Å². The number of ether oxygens (including phenoxy) is 1. The van der Waals surface area contributed by atoms with Crippen LogP contribution in [0.2, 0.25) is 0 Å². The fourth-order valence-corrected chi connectivity index (χ4v) is 3.07. The maximum Gasteiger partial charge on any atom is 0.0555 e. The quantitative estimate of drug-likeness (QED) is 0.766. The van der Waals surface area contributed by atoms with Crippen molar-refractivity contribution in [3.05, 3.63) is 0 Å². The smallest absolute Gasteiger partial charge is 0.0555 e. The van der Waals surface area contributed by atoms with Gasteiger partial charge in [-0.2, -0.15) is 0 Å². The van der Waals surface area contributed by atoms with Crippen molar-refractivity contribution >= 4 is 0 Å². The van der Waals surface area contributed by atoms with Crippen molar-refractivity contribution in [1.29, 1.82) is 0 Å². The van der Waals surface area contributed by atoms with Gasteiger partial charge in [0.1, 0.15) is 0 Å². The SMILES string of the molecule is COCC1CCCN(C2CCC(O)C2)C1. The van der Waals surface area contributed by atoms with E-state index in [2.05, 4.69) is 4.90 Å². The molecule has 3 unspecified atom stereocenters. The molecule has 0 aromatic rings. The van der Waals surface area contributed by atoms with Crippen LogP contribution in [-0.4, -0.2) is 49.0 Å². The van der Waals surface area contributed by atoms with E-state index in [1.807, 2.05) is 0 Å². The molecule has 1 aliphatic carbocycles. The molecule has 2 rings (SSSR count). The molecule has 2 fully saturated rings. The third kappa shape index (κ3) is 2.92. The number of methoxy groups -OCH3 is 1. The van der Waals surface area contributed by atoms with Crippen LogP contribution in [0, 0.1) is 5.92 Å². The number of piperidine rings is 1. The molecule has 1 saturated heterocycles. The summed E-state index contributed by atoms with van der Waals surface area (Å²) < 4.78 is 5.24. The number of rotatable bonds is 3. The molecule has 0 bridgehead atoms. The minimum absolute atomic E-state index is 0.0437. The lowest BCUT2D eigenvalue weighted by Crippen LogP contribution is -2.42. The third-order valence-corrected chi connectivity index (χ3v) is 3.85. The summed E-state index contributed by atoms with van der Waals surface area (Å²) >= 11 is 0. The van der Waals surface area contributed by atoms with Gasteiger partial charge in [0.25, 0.3) is 0 Å². The Morgan fingerprint density at radius 3 is 2.87 bits per heavy atom. The Hall–Kier alpha value is -0.120. The summed E-state index contributed by atoms with van der Waals surface area (Å²) in [4.78, 5) is 2.57. The van der Waals surface area contributed by atoms with Crippen molar-refractivity contribution in [2.45, 2.75) is 44.2 Å². The number of likely N-dealkylation sites (tertiary alicyclic amines) is 1. The van der Waals surface area contributed by atoms with Gasteiger partial charge < -0.3 is 9.84 Å². The molecular weight excluding hydrogens is 190 g/mol. The topological polar surface area (TPSA) is 32.7 Å². The summed E-state index contributed by atoms with van der Waals surface area (Å²) in [6.45, 7) is 3.29. The highest BCUT2D eigenvalue weighted by Gasteiger charge is 2.31. The number of hydrogen-bond donors (Lipinski definition) is 1. The maximum absolute atomic E-state index is 9.55. The Labute approximate surface area is 92.4 Å². The van der Waals surface area contributed by atoms with Gasteiger partial charge in [-0.3, -0.25) is 4.90 Å². The predicted octanol–water partition coefficient (Wildman–Crippen LogP) is 1.26. The van der Waals surface area contributed by atoms with Gasteiger partial charge in [-0.1, -0.05) is 0 Å². The molecule has 1 N–H and O–H groups in total. The van der Waals surface area contributed by atoms with Gasteiger partial charge in [0.05, 0.1) is 12.7 Å². The molecule has 0 amide bonds. The van der Waals surface area contributed by atoms with Crippen LogP contribution >= 0.6 is 0 Å². The summed E-state index contributed by atoms with van der Waals surface area (Å²) in [6, 6.07) is 0.639. The average Bonchev–Trinajstić information content (AvgIpc) is 2.66. The lowest BCUT2D eigenvalue weighted by molar-refractivity contribution is 0.0648. The van der Waals surface area contributed by atoms with E-state index in [4.69, 9.17) is 4.74 Å². The first-order chi connectivity index (χ1) is 7.29. The molecule has 1 saturated carbocycles. The Bertz CT molecular complexity index is 196. The van der Waals surface area contributed by atoms with Crippen LogP contribution < -0.4 is 0 Å². The van der Waals surface area contributed by atoms with Gasteiger partial charge in [0.2, 0.25) is 0 Å². The van der Waals surface area contributed by atoms with Crippen molar-refractivity contribution in [1.82, 2.24) is 4.90 Å². The zero-order chi connectivity index (χ0) is 10.7. The fraction of sp³-hybridized carbons (Fsp3) is 1.00. The van der Waals surface area contributed by atoms with Gasteiger partial charge in [-0.15, -0.1) is 0 Å². The monoisotopic (exact) mass is 213 g/mol. The summed E-state index contributed by atoms with van der Waals surface area (Å²) in [6.07, 6.45) is 5.72. The number of aliphatic hydroxyl groups excluding tert-OH is 1. The van der Waals surface area contributed by atoms with E-state index in [1.54, 1.807) is 7.11 Å². The number of nitrogens with zero attached hydrogens (tertiary/aromatic N) is 1. The third-order valence-electron chi connectivity index (χ3n) is 3.85. The van der Waals surface area contributed by atoms with Gasteiger partial charge in [-0.05, 0) is 44.6 Å². The van der Waals surface area contributed by atoms with Crippen LogP contribution in [0.5, 0.6) is 0 Å². The Morgan fingerprint density at radius 1 is 1.33 bits per heavy atom. The normalized spacial score (nSPS) is 38.4. The van der Waals surface area contributed by atoms with Crippen molar-refractivity contribution in [2.75, 3.05) is 26.8 Å². The predicted molar refractivity (Wildman–Crippen MR) is 59.8 cm³/mol. The van der Waals surface area contributed by atoms with Crippen LogP contribution in [0.3, 0.4) is 0 Å². The maximum atomic E-state index is 9.55. The zero-order valence-electron chi connectivity index (χ0n) is 9.69. The molecule has 88 valence electrons. The minimum atomic E-state index is -0.0437. The average molecular weight is 213 g/mol. The van der Waals surface area contributed by atoms with Gasteiger partial charge in [0, 0.05) is 19.7 Å². The minimum Gasteiger partial charge on any atom is -0.393 e. The fourth-order valence-electron chi connectivity index (χ4n) is 3.07. The molecule has 15 heavy (non-hydrogen) atoms. The standard InChI is InChI=1S/C12H23NO2/c1-15-9-10-3-2-6-13(8-10)11-4-5-12(14)7-11/h10-12,14H,2-9H2,1H3. The Balaban J connectivity index is 1.81. The lowest BCUT2D eigenvalue weighted by atomic mass is 9.97. The van der Waals surface area contributed by atoms with Crippen molar-refractivity contribution in [2.24, 2.45) is 5.92 Å². The first kappa shape index (κ1) is 11.4. The number of hydrogen-bond acceptors (Lipinski definition) is 3. The molecule has 1 heterocycles. The molecule has 0 radical (unpaired) electrons. The second-order valence-electron chi connectivity index (χ2n) is 5.08. The molecule has 2 aliphatic rings. The van der Waals surface area contributed by atoms with Crippen molar-refractivity contribution in [3.63, 3.8) is 0 Å². The van der Waals surface area contributed by atoms with E-state index in [0.717, 1.165) is 19.4 Å². The molecule has 1 aliphatic heterocycles. The summed E-state index contributed by atoms with van der Waals surface area (Å²) in [5.41, 5.74) is 0. The van der Waals surface area contributed by atoms with E-state index < -0.39 is 0 Å². The number of aliphatic hydroxyl groups is 1. The van der Waals surface area contributed by atoms with Gasteiger partial charge in [-0.25, -0.2) is 0 Å². The van der Waals surface area contributed by atoms with Crippen LogP contribution in [0.1, 0.15) is 32.1 Å². The van der Waals surface area contributed by atoms with Crippen LogP contribution in [-0.2, 0) is 4.74 Å². The highest BCUT2D eigenvalue weighted by Crippen LogP contribution is 2.28. The van der Waals surface area contributed by atoms with E-state index >= 15 is 0 Å². The molecular formula is C12H23NO2. The highest BCUT2D eigenvalue weighted by molar-refractivity contribution is 4.85. The van der Waals surface area contributed by atoms with E-state index in [0.29, 0.717) is 12.0 Å². The van der Waals surface area contributed by atoms with Crippen LogP contribution in [0.4, 0.5) is 0 Å². The molecule has 0 spiro atoms. The first-order valence-corrected chi connectivity index (χ1v) is 6.20. The first-order valence-electron chi connectivity index (χ1n) is 6.20. The van der Waals surface area contributed by atoms with Crippen molar-refractivity contribution < 1.29 is 9.84 Å². The largest absolute Gasteiger partial charge is 0.393 e. The van der Waals surface area contributed by atoms with Crippen molar-refractivity contribution in [3.8, 4) is 0 Å². The molecule has 0 aromatic heterocycles. The summed E-state index contributed by atoms with van der Waals surface area (Å²) in [7, 11) is 1.79. The van der Waals surface area contributed by atoms with E-state index in [1.165, 1.54) is 32.4 Å². The Morgan fingerprint density at radius 2 is 2.20 bits per heavy atom. The lowest BCUT2D eigenvalue weighted by Gasteiger charge is -2.36. The molecule has 3 atom stereocenters. The Kier molecular flexibility index (Phi) is 4.00. The second-order valence-corrected chi connectivity index (χ2v) is 5.08. The summed E-state index contributed by atoms with van der Waals surface area (Å²) in [5, 5.41) is 9.55. The molecule has 3 nitrogen and oxygen atoms in total. The second kappa shape index (κ2) is 5.28. The van der Waals surface area contributed by atoms with Crippen LogP contribution in [0.15, 0.2) is 0 Å². The van der Waals surface area contributed by atoms with Gasteiger partial charge >= 0.3 is 0 Å². The highest BCUT2D eigenvalue weighted by atomic mass is 16.5.